The molecule has 0 aliphatic carbocycles. The molecular formula is C22H22ClNO4. The predicted octanol–water partition coefficient (Wildman–Crippen LogP) is 4.49. The summed E-state index contributed by atoms with van der Waals surface area (Å²) in [6, 6.07) is 11.5. The zero-order valence-electron chi connectivity index (χ0n) is 16.0. The fourth-order valence-electron chi connectivity index (χ4n) is 3.52. The van der Waals surface area contributed by atoms with E-state index in [1.54, 1.807) is 49.6 Å². The predicted molar refractivity (Wildman–Crippen MR) is 108 cm³/mol. The van der Waals surface area contributed by atoms with Crippen molar-refractivity contribution in [2.24, 2.45) is 0 Å². The van der Waals surface area contributed by atoms with Gasteiger partial charge in [-0.15, -0.1) is 0 Å². The lowest BCUT2D eigenvalue weighted by Crippen LogP contribution is -2.30. The summed E-state index contributed by atoms with van der Waals surface area (Å²) in [6.45, 7) is 4.17. The molecular weight excluding hydrogens is 378 g/mol. The lowest BCUT2D eigenvalue weighted by atomic mass is 9.94. The Morgan fingerprint density at radius 2 is 1.86 bits per heavy atom. The summed E-state index contributed by atoms with van der Waals surface area (Å²) < 4.78 is 5.20. The van der Waals surface area contributed by atoms with Gasteiger partial charge in [-0.25, -0.2) is 0 Å². The molecule has 1 aliphatic heterocycles. The first-order valence-electron chi connectivity index (χ1n) is 9.08. The van der Waals surface area contributed by atoms with Crippen molar-refractivity contribution in [1.82, 2.24) is 4.90 Å². The van der Waals surface area contributed by atoms with Crippen molar-refractivity contribution in [1.29, 1.82) is 0 Å². The van der Waals surface area contributed by atoms with E-state index in [0.717, 1.165) is 11.1 Å². The number of amides is 1. The minimum atomic E-state index is -0.680. The number of aliphatic hydroxyl groups is 1. The Bertz CT molecular complexity index is 950. The second-order valence-electron chi connectivity index (χ2n) is 6.72. The molecule has 1 heterocycles. The van der Waals surface area contributed by atoms with Gasteiger partial charge in [-0.05, 0) is 54.8 Å². The van der Waals surface area contributed by atoms with Crippen LogP contribution < -0.4 is 4.74 Å². The number of methoxy groups -OCH3 is 1. The van der Waals surface area contributed by atoms with E-state index in [-0.39, 0.29) is 11.3 Å². The van der Waals surface area contributed by atoms with Gasteiger partial charge in [-0.3, -0.25) is 9.59 Å². The molecule has 1 fully saturated rings. The smallest absolute Gasteiger partial charge is 0.295 e. The number of aryl methyl sites for hydroxylation is 1. The second-order valence-corrected chi connectivity index (χ2v) is 7.16. The topological polar surface area (TPSA) is 66.8 Å². The van der Waals surface area contributed by atoms with Gasteiger partial charge in [0.1, 0.15) is 11.5 Å². The zero-order valence-corrected chi connectivity index (χ0v) is 16.8. The van der Waals surface area contributed by atoms with E-state index in [1.807, 2.05) is 13.8 Å². The number of aliphatic hydroxyl groups excluding tert-OH is 1. The summed E-state index contributed by atoms with van der Waals surface area (Å²) in [6.07, 6.45) is 0.693. The molecule has 2 aromatic carbocycles. The number of halogens is 1. The van der Waals surface area contributed by atoms with E-state index in [0.29, 0.717) is 29.3 Å². The lowest BCUT2D eigenvalue weighted by Gasteiger charge is -2.25. The Labute approximate surface area is 169 Å². The highest BCUT2D eigenvalue weighted by molar-refractivity contribution is 6.46. The molecule has 1 atom stereocenters. The monoisotopic (exact) mass is 399 g/mol. The van der Waals surface area contributed by atoms with Crippen LogP contribution in [0, 0.1) is 6.92 Å². The minimum absolute atomic E-state index is 0.0917. The number of carbonyl (C=O) groups excluding carboxylic acids is 2. The molecule has 0 aromatic heterocycles. The van der Waals surface area contributed by atoms with E-state index in [2.05, 4.69) is 0 Å². The van der Waals surface area contributed by atoms with Gasteiger partial charge < -0.3 is 14.7 Å². The van der Waals surface area contributed by atoms with Crippen LogP contribution in [0.5, 0.6) is 5.75 Å². The van der Waals surface area contributed by atoms with Crippen molar-refractivity contribution in [3.05, 3.63) is 69.8 Å². The molecule has 1 N–H and O–H groups in total. The molecule has 5 nitrogen and oxygen atoms in total. The second kappa shape index (κ2) is 8.07. The van der Waals surface area contributed by atoms with Crippen LogP contribution in [-0.2, 0) is 9.59 Å². The Morgan fingerprint density at radius 3 is 2.43 bits per heavy atom. The van der Waals surface area contributed by atoms with Crippen molar-refractivity contribution in [3.8, 4) is 5.75 Å². The first-order chi connectivity index (χ1) is 13.4. The number of hydrogen-bond donors (Lipinski definition) is 1. The van der Waals surface area contributed by atoms with Crippen LogP contribution in [0.4, 0.5) is 0 Å². The molecule has 3 rings (SSSR count). The largest absolute Gasteiger partial charge is 0.507 e. The zero-order chi connectivity index (χ0) is 20.4. The molecule has 0 bridgehead atoms. The molecule has 28 heavy (non-hydrogen) atoms. The van der Waals surface area contributed by atoms with Crippen LogP contribution in [0.15, 0.2) is 48.0 Å². The summed E-state index contributed by atoms with van der Waals surface area (Å²) in [7, 11) is 1.56. The fourth-order valence-corrected chi connectivity index (χ4v) is 3.64. The number of nitrogens with zero attached hydrogens (tertiary/aromatic N) is 1. The number of hydrogen-bond acceptors (Lipinski definition) is 4. The summed E-state index contributed by atoms with van der Waals surface area (Å²) in [5, 5.41) is 11.6. The van der Waals surface area contributed by atoms with Crippen LogP contribution in [0.2, 0.25) is 5.02 Å². The van der Waals surface area contributed by atoms with E-state index >= 15 is 0 Å². The van der Waals surface area contributed by atoms with Crippen molar-refractivity contribution < 1.29 is 19.4 Å². The third-order valence-corrected chi connectivity index (χ3v) is 5.13. The number of Topliss-reactive ketones (excluding diaryl/α,β-unsaturated/α-hetero) is 1. The highest BCUT2D eigenvalue weighted by Crippen LogP contribution is 2.40. The number of likely N-dealkylation sites (tertiary alicyclic amines) is 1. The van der Waals surface area contributed by atoms with Gasteiger partial charge in [0.15, 0.2) is 0 Å². The Balaban J connectivity index is 2.19. The first-order valence-corrected chi connectivity index (χ1v) is 9.45. The number of carbonyl (C=O) groups is 2. The van der Waals surface area contributed by atoms with E-state index in [1.165, 1.54) is 4.90 Å². The molecule has 0 radical (unpaired) electrons. The average molecular weight is 400 g/mol. The standard InChI is InChI=1S/C22H22ClNO4/c1-4-11-24-19(14-5-7-15(23)8-6-14)18(21(26)22(24)27)20(25)17-10-9-16(28-3)12-13(17)2/h5-10,12,19,25H,4,11H2,1-3H3/b20-18-. The van der Waals surface area contributed by atoms with Crippen LogP contribution >= 0.6 is 11.6 Å². The van der Waals surface area contributed by atoms with E-state index in [4.69, 9.17) is 16.3 Å². The maximum Gasteiger partial charge on any atom is 0.295 e. The maximum absolute atomic E-state index is 12.8. The lowest BCUT2D eigenvalue weighted by molar-refractivity contribution is -0.139. The van der Waals surface area contributed by atoms with Crippen LogP contribution in [0.25, 0.3) is 5.76 Å². The van der Waals surface area contributed by atoms with Gasteiger partial charge in [-0.2, -0.15) is 0 Å². The number of ketones is 1. The van der Waals surface area contributed by atoms with Gasteiger partial charge in [0.2, 0.25) is 0 Å². The SMILES string of the molecule is CCCN1C(=O)C(=O)/C(=C(\O)c2ccc(OC)cc2C)C1c1ccc(Cl)cc1. The third kappa shape index (κ3) is 3.50. The molecule has 6 heteroatoms. The molecule has 146 valence electrons. The summed E-state index contributed by atoms with van der Waals surface area (Å²) in [4.78, 5) is 27.0. The molecule has 1 saturated heterocycles. The molecule has 1 amide bonds. The summed E-state index contributed by atoms with van der Waals surface area (Å²) in [5.74, 6) is -0.817. The Kier molecular flexibility index (Phi) is 5.75. The fraction of sp³-hybridized carbons (Fsp3) is 0.273. The van der Waals surface area contributed by atoms with Crippen molar-refractivity contribution in [3.63, 3.8) is 0 Å². The first kappa shape index (κ1) is 20.0. The van der Waals surface area contributed by atoms with E-state index in [9.17, 15) is 14.7 Å². The minimum Gasteiger partial charge on any atom is -0.507 e. The van der Waals surface area contributed by atoms with Gasteiger partial charge in [-0.1, -0.05) is 30.7 Å². The van der Waals surface area contributed by atoms with Gasteiger partial charge in [0.25, 0.3) is 11.7 Å². The highest BCUT2D eigenvalue weighted by Gasteiger charge is 2.45. The molecule has 0 spiro atoms. The average Bonchev–Trinajstić information content (AvgIpc) is 2.93. The normalized spacial score (nSPS) is 18.6. The van der Waals surface area contributed by atoms with Gasteiger partial charge in [0.05, 0.1) is 18.7 Å². The number of benzene rings is 2. The van der Waals surface area contributed by atoms with Crippen molar-refractivity contribution in [2.75, 3.05) is 13.7 Å². The number of ether oxygens (including phenoxy) is 1. The van der Waals surface area contributed by atoms with Gasteiger partial charge >= 0.3 is 0 Å². The Hall–Kier alpha value is -2.79. The molecule has 0 saturated carbocycles. The quantitative estimate of drug-likeness (QED) is 0.457. The Morgan fingerprint density at radius 1 is 1.18 bits per heavy atom. The molecule has 1 unspecified atom stereocenters. The van der Waals surface area contributed by atoms with E-state index < -0.39 is 17.7 Å². The van der Waals surface area contributed by atoms with Crippen LogP contribution in [-0.4, -0.2) is 35.4 Å². The van der Waals surface area contributed by atoms with Crippen molar-refractivity contribution in [2.45, 2.75) is 26.3 Å². The summed E-state index contributed by atoms with van der Waals surface area (Å²) >= 11 is 6.00. The van der Waals surface area contributed by atoms with Gasteiger partial charge in [0, 0.05) is 17.1 Å². The van der Waals surface area contributed by atoms with Crippen molar-refractivity contribution >= 4 is 29.1 Å². The maximum atomic E-state index is 12.8. The molecule has 1 aliphatic rings. The highest BCUT2D eigenvalue weighted by atomic mass is 35.5. The third-order valence-electron chi connectivity index (χ3n) is 4.88. The number of rotatable bonds is 5. The van der Waals surface area contributed by atoms with Crippen LogP contribution in [0.1, 0.15) is 36.1 Å². The summed E-state index contributed by atoms with van der Waals surface area (Å²) in [5.41, 5.74) is 2.06. The van der Waals surface area contributed by atoms with Crippen LogP contribution in [0.3, 0.4) is 0 Å². The molecule has 2 aromatic rings.